The molecule has 6 heteroatoms. The van der Waals surface area contributed by atoms with E-state index in [2.05, 4.69) is 17.2 Å². The molecule has 126 valence electrons. The molecule has 0 unspecified atom stereocenters. The Kier molecular flexibility index (Phi) is 5.96. The standard InChI is InChI=1S/C17H24N2O4/c1-11-7-4-5-9-14(11)19-15(20)12(2)23-17(21)13-8-6-10-18-16(13)22-3/h6,8,10-12,14H,4-5,7,9H2,1-3H3,(H,19,20)/t11-,12+,14-/m0/s1. The van der Waals surface area contributed by atoms with E-state index in [1.54, 1.807) is 19.1 Å². The second-order valence-electron chi connectivity index (χ2n) is 5.98. The highest BCUT2D eigenvalue weighted by molar-refractivity contribution is 5.94. The molecule has 1 heterocycles. The van der Waals surface area contributed by atoms with E-state index in [0.29, 0.717) is 5.92 Å². The van der Waals surface area contributed by atoms with Crippen molar-refractivity contribution in [2.45, 2.75) is 51.7 Å². The van der Waals surface area contributed by atoms with Crippen molar-refractivity contribution in [2.75, 3.05) is 7.11 Å². The summed E-state index contributed by atoms with van der Waals surface area (Å²) in [5, 5.41) is 2.99. The first-order chi connectivity index (χ1) is 11.0. The zero-order valence-corrected chi connectivity index (χ0v) is 13.9. The van der Waals surface area contributed by atoms with Crippen LogP contribution >= 0.6 is 0 Å². The lowest BCUT2D eigenvalue weighted by molar-refractivity contribution is -0.130. The van der Waals surface area contributed by atoms with E-state index in [-0.39, 0.29) is 23.4 Å². The van der Waals surface area contributed by atoms with Crippen molar-refractivity contribution >= 4 is 11.9 Å². The van der Waals surface area contributed by atoms with Gasteiger partial charge in [-0.1, -0.05) is 19.8 Å². The Bertz CT molecular complexity index is 561. The summed E-state index contributed by atoms with van der Waals surface area (Å²) < 4.78 is 10.3. The van der Waals surface area contributed by atoms with Crippen molar-refractivity contribution in [2.24, 2.45) is 5.92 Å². The van der Waals surface area contributed by atoms with Crippen LogP contribution in [0.3, 0.4) is 0 Å². The zero-order valence-electron chi connectivity index (χ0n) is 13.9. The van der Waals surface area contributed by atoms with Gasteiger partial charge in [0.15, 0.2) is 6.10 Å². The number of amides is 1. The first-order valence-electron chi connectivity index (χ1n) is 8.03. The maximum atomic E-state index is 12.2. The summed E-state index contributed by atoms with van der Waals surface area (Å²) >= 11 is 0. The zero-order chi connectivity index (χ0) is 16.8. The van der Waals surface area contributed by atoms with E-state index in [1.165, 1.54) is 19.7 Å². The highest BCUT2D eigenvalue weighted by Crippen LogP contribution is 2.24. The molecule has 1 N–H and O–H groups in total. The van der Waals surface area contributed by atoms with Crippen LogP contribution in [0.25, 0.3) is 0 Å². The van der Waals surface area contributed by atoms with Gasteiger partial charge in [-0.2, -0.15) is 0 Å². The van der Waals surface area contributed by atoms with Crippen molar-refractivity contribution in [3.63, 3.8) is 0 Å². The van der Waals surface area contributed by atoms with Crippen molar-refractivity contribution in [1.82, 2.24) is 10.3 Å². The molecular formula is C17H24N2O4. The Morgan fingerprint density at radius 2 is 2.09 bits per heavy atom. The summed E-state index contributed by atoms with van der Waals surface area (Å²) in [6.45, 7) is 3.71. The van der Waals surface area contributed by atoms with Gasteiger partial charge in [-0.05, 0) is 37.8 Å². The number of rotatable bonds is 5. The van der Waals surface area contributed by atoms with E-state index >= 15 is 0 Å². The topological polar surface area (TPSA) is 77.5 Å². The van der Waals surface area contributed by atoms with E-state index in [1.807, 2.05) is 0 Å². The summed E-state index contributed by atoms with van der Waals surface area (Å²) in [5.41, 5.74) is 0.209. The minimum atomic E-state index is -0.860. The van der Waals surface area contributed by atoms with Gasteiger partial charge in [0.1, 0.15) is 5.56 Å². The van der Waals surface area contributed by atoms with Crippen LogP contribution in [-0.4, -0.2) is 36.1 Å². The van der Waals surface area contributed by atoms with Gasteiger partial charge in [0.25, 0.3) is 5.91 Å². The number of ether oxygens (including phenoxy) is 2. The van der Waals surface area contributed by atoms with Gasteiger partial charge in [0.2, 0.25) is 5.88 Å². The summed E-state index contributed by atoms with van der Waals surface area (Å²) in [7, 11) is 1.43. The van der Waals surface area contributed by atoms with Gasteiger partial charge in [-0.25, -0.2) is 9.78 Å². The van der Waals surface area contributed by atoms with Crippen LogP contribution < -0.4 is 10.1 Å². The highest BCUT2D eigenvalue weighted by atomic mass is 16.5. The molecule has 6 nitrogen and oxygen atoms in total. The molecule has 1 aromatic heterocycles. The Morgan fingerprint density at radius 1 is 1.35 bits per heavy atom. The van der Waals surface area contributed by atoms with Crippen LogP contribution in [0.1, 0.15) is 49.9 Å². The molecule has 1 aliphatic carbocycles. The second-order valence-corrected chi connectivity index (χ2v) is 5.98. The van der Waals surface area contributed by atoms with Crippen molar-refractivity contribution < 1.29 is 19.1 Å². The average molecular weight is 320 g/mol. The quantitative estimate of drug-likeness (QED) is 0.843. The van der Waals surface area contributed by atoms with E-state index < -0.39 is 12.1 Å². The monoisotopic (exact) mass is 320 g/mol. The van der Waals surface area contributed by atoms with Gasteiger partial charge < -0.3 is 14.8 Å². The fourth-order valence-electron chi connectivity index (χ4n) is 2.82. The number of carbonyl (C=O) groups is 2. The fourth-order valence-corrected chi connectivity index (χ4v) is 2.82. The van der Waals surface area contributed by atoms with Crippen LogP contribution in [0.15, 0.2) is 18.3 Å². The van der Waals surface area contributed by atoms with Gasteiger partial charge in [-0.3, -0.25) is 4.79 Å². The van der Waals surface area contributed by atoms with Crippen LogP contribution in [0.2, 0.25) is 0 Å². The number of hydrogen-bond donors (Lipinski definition) is 1. The van der Waals surface area contributed by atoms with E-state index in [9.17, 15) is 9.59 Å². The number of nitrogens with zero attached hydrogens (tertiary/aromatic N) is 1. The molecule has 1 saturated carbocycles. The smallest absolute Gasteiger partial charge is 0.344 e. The number of nitrogens with one attached hydrogen (secondary N) is 1. The number of carbonyl (C=O) groups excluding carboxylic acids is 2. The van der Waals surface area contributed by atoms with Crippen molar-refractivity contribution in [3.05, 3.63) is 23.9 Å². The van der Waals surface area contributed by atoms with Gasteiger partial charge in [0.05, 0.1) is 7.11 Å². The van der Waals surface area contributed by atoms with Crippen LogP contribution in [0.5, 0.6) is 5.88 Å². The lowest BCUT2D eigenvalue weighted by Crippen LogP contribution is -2.46. The van der Waals surface area contributed by atoms with Gasteiger partial charge in [0, 0.05) is 12.2 Å². The van der Waals surface area contributed by atoms with E-state index in [0.717, 1.165) is 19.3 Å². The summed E-state index contributed by atoms with van der Waals surface area (Å²) in [6.07, 6.45) is 5.09. The Balaban J connectivity index is 1.93. The molecule has 0 aliphatic heterocycles. The molecular weight excluding hydrogens is 296 g/mol. The number of methoxy groups -OCH3 is 1. The van der Waals surface area contributed by atoms with Crippen LogP contribution in [0.4, 0.5) is 0 Å². The fraction of sp³-hybridized carbons (Fsp3) is 0.588. The summed E-state index contributed by atoms with van der Waals surface area (Å²) in [6, 6.07) is 3.33. The molecule has 0 spiro atoms. The number of hydrogen-bond acceptors (Lipinski definition) is 5. The maximum absolute atomic E-state index is 12.2. The molecule has 0 radical (unpaired) electrons. The molecule has 2 rings (SSSR count). The first kappa shape index (κ1) is 17.2. The Labute approximate surface area is 136 Å². The maximum Gasteiger partial charge on any atom is 0.344 e. The largest absolute Gasteiger partial charge is 0.480 e. The number of aromatic nitrogens is 1. The minimum Gasteiger partial charge on any atom is -0.480 e. The van der Waals surface area contributed by atoms with Gasteiger partial charge in [-0.15, -0.1) is 0 Å². The third-order valence-electron chi connectivity index (χ3n) is 4.28. The molecule has 0 saturated heterocycles. The minimum absolute atomic E-state index is 0.158. The average Bonchev–Trinajstić information content (AvgIpc) is 2.56. The lowest BCUT2D eigenvalue weighted by atomic mass is 9.86. The number of pyridine rings is 1. The SMILES string of the molecule is COc1ncccc1C(=O)O[C@H](C)C(=O)N[C@H]1CCCC[C@@H]1C. The summed E-state index contributed by atoms with van der Waals surface area (Å²) in [4.78, 5) is 28.4. The Hall–Kier alpha value is -2.11. The molecule has 1 amide bonds. The van der Waals surface area contributed by atoms with Crippen molar-refractivity contribution in [1.29, 1.82) is 0 Å². The van der Waals surface area contributed by atoms with Crippen LogP contribution in [-0.2, 0) is 9.53 Å². The molecule has 0 aromatic carbocycles. The third kappa shape index (κ3) is 4.43. The predicted octanol–water partition coefficient (Wildman–Crippen LogP) is 2.33. The Morgan fingerprint density at radius 3 is 2.78 bits per heavy atom. The third-order valence-corrected chi connectivity index (χ3v) is 4.28. The van der Waals surface area contributed by atoms with E-state index in [4.69, 9.17) is 9.47 Å². The lowest BCUT2D eigenvalue weighted by Gasteiger charge is -2.30. The van der Waals surface area contributed by atoms with Gasteiger partial charge >= 0.3 is 5.97 Å². The summed E-state index contributed by atoms with van der Waals surface area (Å²) in [5.74, 6) is -0.241. The number of esters is 1. The van der Waals surface area contributed by atoms with Crippen molar-refractivity contribution in [3.8, 4) is 5.88 Å². The highest BCUT2D eigenvalue weighted by Gasteiger charge is 2.27. The molecule has 23 heavy (non-hydrogen) atoms. The molecule has 1 fully saturated rings. The molecule has 3 atom stereocenters. The molecule has 0 bridgehead atoms. The molecule has 1 aliphatic rings. The normalized spacial score (nSPS) is 22.0. The first-order valence-corrected chi connectivity index (χ1v) is 8.03. The van der Waals surface area contributed by atoms with Crippen LogP contribution in [0, 0.1) is 5.92 Å². The molecule has 1 aromatic rings. The predicted molar refractivity (Wildman–Crippen MR) is 85.2 cm³/mol. The second kappa shape index (κ2) is 7.94.